The highest BCUT2D eigenvalue weighted by Crippen LogP contribution is 2.38. The monoisotopic (exact) mass is 271 g/mol. The van der Waals surface area contributed by atoms with Gasteiger partial charge in [-0.05, 0) is 32.8 Å². The van der Waals surface area contributed by atoms with E-state index in [9.17, 15) is 9.90 Å². The molecule has 2 heterocycles. The van der Waals surface area contributed by atoms with Gasteiger partial charge in [-0.1, -0.05) is 18.2 Å². The van der Waals surface area contributed by atoms with Crippen LogP contribution in [0.4, 0.5) is 5.69 Å². The molecule has 0 atom stereocenters. The molecular formula is C15H17N3O2. The zero-order valence-corrected chi connectivity index (χ0v) is 11.6. The summed E-state index contributed by atoms with van der Waals surface area (Å²) in [6, 6.07) is 7.57. The van der Waals surface area contributed by atoms with Crippen LogP contribution in [0.3, 0.4) is 0 Å². The molecule has 2 aromatic rings. The highest BCUT2D eigenvalue weighted by atomic mass is 16.4. The van der Waals surface area contributed by atoms with Gasteiger partial charge in [0.2, 0.25) is 0 Å². The first kappa shape index (κ1) is 12.8. The van der Waals surface area contributed by atoms with Crippen LogP contribution in [0.1, 0.15) is 37.2 Å². The van der Waals surface area contributed by atoms with Gasteiger partial charge in [-0.3, -0.25) is 0 Å². The molecule has 104 valence electrons. The number of carbonyl (C=O) groups is 1. The van der Waals surface area contributed by atoms with Gasteiger partial charge in [0.25, 0.3) is 0 Å². The van der Waals surface area contributed by atoms with Crippen molar-refractivity contribution in [2.24, 2.45) is 0 Å². The van der Waals surface area contributed by atoms with E-state index in [0.29, 0.717) is 5.69 Å². The SMILES string of the molecule is CC1(C)CCCN1c1c(C(=O)O)nnc2ccccc12. The van der Waals surface area contributed by atoms with Crippen molar-refractivity contribution < 1.29 is 9.90 Å². The standard InChI is InChI=1S/C15H17N3O2/c1-15(2)8-5-9-18(15)13-10-6-3-4-7-11(10)16-17-12(13)14(19)20/h3-4,6-7H,5,8-9H2,1-2H3,(H,19,20). The van der Waals surface area contributed by atoms with Crippen LogP contribution in [0.25, 0.3) is 10.9 Å². The fraction of sp³-hybridized carbons (Fsp3) is 0.400. The van der Waals surface area contributed by atoms with Crippen molar-refractivity contribution in [3.05, 3.63) is 30.0 Å². The maximum atomic E-state index is 11.5. The predicted octanol–water partition coefficient (Wildman–Crippen LogP) is 2.71. The number of nitrogens with zero attached hydrogens (tertiary/aromatic N) is 3. The van der Waals surface area contributed by atoms with Crippen molar-refractivity contribution in [2.75, 3.05) is 11.4 Å². The third-order valence-corrected chi connectivity index (χ3v) is 4.01. The number of hydrogen-bond donors (Lipinski definition) is 1. The summed E-state index contributed by atoms with van der Waals surface area (Å²) in [5, 5.41) is 18.2. The maximum absolute atomic E-state index is 11.5. The average molecular weight is 271 g/mol. The Balaban J connectivity index is 2.30. The molecule has 0 bridgehead atoms. The predicted molar refractivity (Wildman–Crippen MR) is 77.2 cm³/mol. The Labute approximate surface area is 117 Å². The molecule has 1 fully saturated rings. The number of carboxylic acid groups (broad SMARTS) is 1. The highest BCUT2D eigenvalue weighted by Gasteiger charge is 2.36. The zero-order valence-electron chi connectivity index (χ0n) is 11.6. The van der Waals surface area contributed by atoms with E-state index in [2.05, 4.69) is 28.9 Å². The quantitative estimate of drug-likeness (QED) is 0.909. The lowest BCUT2D eigenvalue weighted by atomic mass is 10.0. The van der Waals surface area contributed by atoms with Gasteiger partial charge in [-0.15, -0.1) is 10.2 Å². The van der Waals surface area contributed by atoms with E-state index in [4.69, 9.17) is 0 Å². The van der Waals surface area contributed by atoms with Gasteiger partial charge >= 0.3 is 5.97 Å². The van der Waals surface area contributed by atoms with E-state index in [-0.39, 0.29) is 11.2 Å². The number of anilines is 1. The molecule has 0 aliphatic carbocycles. The number of benzene rings is 1. The Hall–Kier alpha value is -2.17. The first-order valence-corrected chi connectivity index (χ1v) is 6.77. The first-order chi connectivity index (χ1) is 9.50. The summed E-state index contributed by atoms with van der Waals surface area (Å²) in [5.74, 6) is -1.03. The lowest BCUT2D eigenvalue weighted by molar-refractivity contribution is 0.0690. The molecule has 1 aliphatic heterocycles. The van der Waals surface area contributed by atoms with Gasteiger partial charge in [0, 0.05) is 17.5 Å². The van der Waals surface area contributed by atoms with Crippen LogP contribution < -0.4 is 4.90 Å². The fourth-order valence-corrected chi connectivity index (χ4v) is 2.98. The summed E-state index contributed by atoms with van der Waals surface area (Å²) >= 11 is 0. The Morgan fingerprint density at radius 2 is 2.05 bits per heavy atom. The van der Waals surface area contributed by atoms with Crippen molar-refractivity contribution >= 4 is 22.6 Å². The van der Waals surface area contributed by atoms with E-state index in [1.54, 1.807) is 0 Å². The number of carboxylic acids is 1. The largest absolute Gasteiger partial charge is 0.476 e. The maximum Gasteiger partial charge on any atom is 0.358 e. The van der Waals surface area contributed by atoms with Crippen molar-refractivity contribution in [2.45, 2.75) is 32.2 Å². The molecular weight excluding hydrogens is 254 g/mol. The zero-order chi connectivity index (χ0) is 14.3. The van der Waals surface area contributed by atoms with Crippen LogP contribution in [0, 0.1) is 0 Å². The average Bonchev–Trinajstić information content (AvgIpc) is 2.76. The van der Waals surface area contributed by atoms with Crippen molar-refractivity contribution in [1.29, 1.82) is 0 Å². The van der Waals surface area contributed by atoms with Gasteiger partial charge in [-0.25, -0.2) is 4.79 Å². The molecule has 1 saturated heterocycles. The third kappa shape index (κ3) is 1.90. The fourth-order valence-electron chi connectivity index (χ4n) is 2.98. The topological polar surface area (TPSA) is 66.3 Å². The molecule has 5 heteroatoms. The number of aromatic nitrogens is 2. The normalized spacial score (nSPS) is 17.6. The van der Waals surface area contributed by atoms with E-state index < -0.39 is 5.97 Å². The molecule has 0 radical (unpaired) electrons. The van der Waals surface area contributed by atoms with Gasteiger partial charge in [0.05, 0.1) is 11.2 Å². The lowest BCUT2D eigenvalue weighted by Crippen LogP contribution is -2.39. The summed E-state index contributed by atoms with van der Waals surface area (Å²) < 4.78 is 0. The number of hydrogen-bond acceptors (Lipinski definition) is 4. The summed E-state index contributed by atoms with van der Waals surface area (Å²) in [5.41, 5.74) is 1.41. The Bertz CT molecular complexity index is 682. The van der Waals surface area contributed by atoms with Crippen LogP contribution >= 0.6 is 0 Å². The molecule has 0 spiro atoms. The van der Waals surface area contributed by atoms with Crippen LogP contribution in [-0.2, 0) is 0 Å². The van der Waals surface area contributed by atoms with E-state index in [0.717, 1.165) is 30.3 Å². The van der Waals surface area contributed by atoms with Gasteiger partial charge in [0.1, 0.15) is 0 Å². The molecule has 1 aliphatic rings. The second kappa shape index (κ2) is 4.44. The minimum Gasteiger partial charge on any atom is -0.476 e. The Morgan fingerprint density at radius 1 is 1.30 bits per heavy atom. The van der Waals surface area contributed by atoms with E-state index in [1.165, 1.54) is 0 Å². The lowest BCUT2D eigenvalue weighted by Gasteiger charge is -2.34. The van der Waals surface area contributed by atoms with Crippen molar-refractivity contribution in [1.82, 2.24) is 10.2 Å². The minimum absolute atomic E-state index is 0.0404. The molecule has 0 saturated carbocycles. The summed E-state index contributed by atoms with van der Waals surface area (Å²) in [7, 11) is 0. The summed E-state index contributed by atoms with van der Waals surface area (Å²) in [6.45, 7) is 5.13. The van der Waals surface area contributed by atoms with E-state index >= 15 is 0 Å². The second-order valence-corrected chi connectivity index (χ2v) is 5.79. The molecule has 3 rings (SSSR count). The molecule has 1 aromatic heterocycles. The highest BCUT2D eigenvalue weighted by molar-refractivity contribution is 6.03. The van der Waals surface area contributed by atoms with Crippen LogP contribution in [0.2, 0.25) is 0 Å². The first-order valence-electron chi connectivity index (χ1n) is 6.77. The number of fused-ring (bicyclic) bond motifs is 1. The number of rotatable bonds is 2. The summed E-state index contributed by atoms with van der Waals surface area (Å²) in [6.07, 6.45) is 2.10. The second-order valence-electron chi connectivity index (χ2n) is 5.79. The van der Waals surface area contributed by atoms with E-state index in [1.807, 2.05) is 24.3 Å². The third-order valence-electron chi connectivity index (χ3n) is 4.01. The van der Waals surface area contributed by atoms with Crippen LogP contribution in [0.15, 0.2) is 24.3 Å². The molecule has 20 heavy (non-hydrogen) atoms. The Morgan fingerprint density at radius 3 is 2.70 bits per heavy atom. The van der Waals surface area contributed by atoms with Gasteiger partial charge < -0.3 is 10.0 Å². The molecule has 5 nitrogen and oxygen atoms in total. The molecule has 1 N–H and O–H groups in total. The Kier molecular flexibility index (Phi) is 2.85. The van der Waals surface area contributed by atoms with Crippen LogP contribution in [0.5, 0.6) is 0 Å². The number of aromatic carboxylic acids is 1. The van der Waals surface area contributed by atoms with Crippen molar-refractivity contribution in [3.8, 4) is 0 Å². The smallest absolute Gasteiger partial charge is 0.358 e. The van der Waals surface area contributed by atoms with Crippen LogP contribution in [-0.4, -0.2) is 33.4 Å². The van der Waals surface area contributed by atoms with Gasteiger partial charge in [-0.2, -0.15) is 0 Å². The molecule has 0 amide bonds. The minimum atomic E-state index is -1.03. The molecule has 1 aromatic carbocycles. The van der Waals surface area contributed by atoms with Crippen molar-refractivity contribution in [3.63, 3.8) is 0 Å². The molecule has 0 unspecified atom stereocenters. The van der Waals surface area contributed by atoms with Gasteiger partial charge in [0.15, 0.2) is 5.69 Å². The summed E-state index contributed by atoms with van der Waals surface area (Å²) in [4.78, 5) is 13.7.